The summed E-state index contributed by atoms with van der Waals surface area (Å²) in [5, 5.41) is 0. The summed E-state index contributed by atoms with van der Waals surface area (Å²) in [5.41, 5.74) is 3.95. The number of amides is 2. The Balaban J connectivity index is 1.33. The maximum absolute atomic E-state index is 14.1. The van der Waals surface area contributed by atoms with E-state index in [-0.39, 0.29) is 11.8 Å². The minimum Gasteiger partial charge on any atom is -0.295 e. The maximum Gasteiger partial charge on any atom is 0.269 e. The molecule has 2 amide bonds. The Labute approximate surface area is 198 Å². The predicted molar refractivity (Wildman–Crippen MR) is 132 cm³/mol. The zero-order valence-corrected chi connectivity index (χ0v) is 19.1. The van der Waals surface area contributed by atoms with Gasteiger partial charge in [-0.25, -0.2) is 0 Å². The van der Waals surface area contributed by atoms with E-state index in [0.29, 0.717) is 18.3 Å². The van der Waals surface area contributed by atoms with Crippen molar-refractivity contribution in [1.82, 2.24) is 4.90 Å². The van der Waals surface area contributed by atoms with Gasteiger partial charge in [0.05, 0.1) is 18.1 Å². The molecular weight excluding hydrogens is 430 g/mol. The fraction of sp³-hybridized carbons (Fsp3) is 0.259. The van der Waals surface area contributed by atoms with Crippen LogP contribution in [0.15, 0.2) is 84.9 Å². The van der Waals surface area contributed by atoms with Crippen molar-refractivity contribution in [3.63, 3.8) is 0 Å². The van der Waals surface area contributed by atoms with Gasteiger partial charge in [-0.2, -0.15) is 0 Å². The quantitative estimate of drug-likeness (QED) is 0.585. The highest BCUT2D eigenvalue weighted by Crippen LogP contribution is 2.55. The van der Waals surface area contributed by atoms with Crippen LogP contribution in [0.25, 0.3) is 0 Å². The lowest BCUT2D eigenvalue weighted by Gasteiger charge is -2.33. The molecule has 33 heavy (non-hydrogen) atoms. The summed E-state index contributed by atoms with van der Waals surface area (Å²) < 4.78 is 0. The van der Waals surface area contributed by atoms with Gasteiger partial charge in [-0.05, 0) is 36.1 Å². The highest BCUT2D eigenvalue weighted by Gasteiger charge is 2.61. The fourth-order valence-electron chi connectivity index (χ4n) is 5.43. The first-order valence-electron chi connectivity index (χ1n) is 11.4. The number of fused-ring (bicyclic) bond motifs is 2. The molecule has 1 spiro atoms. The molecule has 6 heteroatoms. The molecule has 2 saturated heterocycles. The summed E-state index contributed by atoms with van der Waals surface area (Å²) in [6, 6.07) is 28.2. The van der Waals surface area contributed by atoms with Gasteiger partial charge in [0.15, 0.2) is 0 Å². The standard InChI is InChI=1S/C27H25N3O2S/c31-25-18-33-27(30(25)22-11-5-2-6-12-22)23-13-7-8-14-24(23)29(26(27)32)19-28-16-15-21(17-28)20-9-3-1-4-10-20/h1-14,21H,15-19H2/t21-,27-/m0/s1. The van der Waals surface area contributed by atoms with Crippen LogP contribution in [0.1, 0.15) is 23.5 Å². The summed E-state index contributed by atoms with van der Waals surface area (Å²) in [6.07, 6.45) is 1.09. The molecule has 6 rings (SSSR count). The van der Waals surface area contributed by atoms with E-state index in [4.69, 9.17) is 0 Å². The number of hydrogen-bond donors (Lipinski definition) is 0. The van der Waals surface area contributed by atoms with Crippen molar-refractivity contribution in [3.8, 4) is 0 Å². The van der Waals surface area contributed by atoms with E-state index in [1.165, 1.54) is 17.3 Å². The van der Waals surface area contributed by atoms with E-state index in [1.807, 2.05) is 59.5 Å². The molecule has 3 aliphatic heterocycles. The van der Waals surface area contributed by atoms with E-state index in [0.717, 1.165) is 36.4 Å². The topological polar surface area (TPSA) is 43.9 Å². The number of nitrogens with zero attached hydrogens (tertiary/aromatic N) is 3. The number of rotatable bonds is 4. The minimum atomic E-state index is -1.03. The molecule has 3 aliphatic rings. The first-order chi connectivity index (χ1) is 16.2. The van der Waals surface area contributed by atoms with Crippen LogP contribution in [0.5, 0.6) is 0 Å². The second-order valence-corrected chi connectivity index (χ2v) is 10.0. The van der Waals surface area contributed by atoms with Crippen molar-refractivity contribution in [2.75, 3.05) is 35.3 Å². The Morgan fingerprint density at radius 2 is 1.58 bits per heavy atom. The second-order valence-electron chi connectivity index (χ2n) is 8.86. The van der Waals surface area contributed by atoms with Gasteiger partial charge in [0.2, 0.25) is 10.8 Å². The first kappa shape index (κ1) is 20.5. The maximum atomic E-state index is 14.1. The summed E-state index contributed by atoms with van der Waals surface area (Å²) in [7, 11) is 0. The SMILES string of the molecule is O=C1CS[C@@]2(C(=O)N(CN3CC[C@H](c4ccccc4)C3)c3ccccc32)N1c1ccccc1. The lowest BCUT2D eigenvalue weighted by atomic mass is 9.99. The number of carbonyl (C=O) groups is 2. The lowest BCUT2D eigenvalue weighted by molar-refractivity contribution is -0.123. The normalized spacial score (nSPS) is 24.8. The molecule has 2 fully saturated rings. The summed E-state index contributed by atoms with van der Waals surface area (Å²) >= 11 is 1.44. The molecule has 0 radical (unpaired) electrons. The van der Waals surface area contributed by atoms with Crippen LogP contribution in [0.2, 0.25) is 0 Å². The Hall–Kier alpha value is -3.09. The van der Waals surface area contributed by atoms with E-state index in [2.05, 4.69) is 35.2 Å². The number of hydrogen-bond acceptors (Lipinski definition) is 4. The van der Waals surface area contributed by atoms with Gasteiger partial charge in [-0.1, -0.05) is 66.7 Å². The number of benzene rings is 3. The molecule has 3 heterocycles. The number of thioether (sulfide) groups is 1. The lowest BCUT2D eigenvalue weighted by Crippen LogP contribution is -2.51. The number of para-hydroxylation sites is 2. The van der Waals surface area contributed by atoms with E-state index >= 15 is 0 Å². The van der Waals surface area contributed by atoms with Crippen molar-refractivity contribution in [2.45, 2.75) is 17.2 Å². The zero-order chi connectivity index (χ0) is 22.4. The van der Waals surface area contributed by atoms with Crippen LogP contribution in [0.4, 0.5) is 11.4 Å². The second kappa shape index (κ2) is 8.04. The van der Waals surface area contributed by atoms with Crippen LogP contribution in [0, 0.1) is 0 Å². The predicted octanol–water partition coefficient (Wildman–Crippen LogP) is 4.41. The smallest absolute Gasteiger partial charge is 0.269 e. The van der Waals surface area contributed by atoms with E-state index in [9.17, 15) is 9.59 Å². The van der Waals surface area contributed by atoms with Crippen molar-refractivity contribution < 1.29 is 9.59 Å². The van der Waals surface area contributed by atoms with Crippen LogP contribution < -0.4 is 9.80 Å². The molecule has 0 aromatic heterocycles. The molecule has 0 bridgehead atoms. The summed E-state index contributed by atoms with van der Waals surface area (Å²) in [5.74, 6) is 0.729. The van der Waals surface area contributed by atoms with Crippen molar-refractivity contribution >= 4 is 35.0 Å². The minimum absolute atomic E-state index is 0.0217. The molecule has 3 aromatic carbocycles. The van der Waals surface area contributed by atoms with Crippen LogP contribution in [-0.4, -0.2) is 42.2 Å². The molecular formula is C27H25N3O2S. The largest absolute Gasteiger partial charge is 0.295 e. The zero-order valence-electron chi connectivity index (χ0n) is 18.3. The third-order valence-corrected chi connectivity index (χ3v) is 8.35. The number of carbonyl (C=O) groups excluding carboxylic acids is 2. The summed E-state index contributed by atoms with van der Waals surface area (Å²) in [4.78, 5) is 32.1. The van der Waals surface area contributed by atoms with Crippen molar-refractivity contribution in [2.24, 2.45) is 0 Å². The van der Waals surface area contributed by atoms with Crippen LogP contribution in [-0.2, 0) is 14.5 Å². The monoisotopic (exact) mass is 455 g/mol. The summed E-state index contributed by atoms with van der Waals surface area (Å²) in [6.45, 7) is 2.42. The van der Waals surface area contributed by atoms with Crippen LogP contribution >= 0.6 is 11.8 Å². The molecule has 0 aliphatic carbocycles. The van der Waals surface area contributed by atoms with Gasteiger partial charge >= 0.3 is 0 Å². The van der Waals surface area contributed by atoms with Gasteiger partial charge in [-0.15, -0.1) is 11.8 Å². The third kappa shape index (κ3) is 3.20. The molecule has 3 aromatic rings. The van der Waals surface area contributed by atoms with Gasteiger partial charge < -0.3 is 0 Å². The van der Waals surface area contributed by atoms with Gasteiger partial charge in [0.1, 0.15) is 0 Å². The highest BCUT2D eigenvalue weighted by molar-refractivity contribution is 8.02. The van der Waals surface area contributed by atoms with Crippen LogP contribution in [0.3, 0.4) is 0 Å². The molecule has 2 atom stereocenters. The first-order valence-corrected chi connectivity index (χ1v) is 12.4. The average Bonchev–Trinajstić information content (AvgIpc) is 3.53. The van der Waals surface area contributed by atoms with E-state index in [1.54, 1.807) is 4.90 Å². The number of likely N-dealkylation sites (tertiary alicyclic amines) is 1. The molecule has 166 valence electrons. The Morgan fingerprint density at radius 3 is 2.36 bits per heavy atom. The highest BCUT2D eigenvalue weighted by atomic mass is 32.2. The Morgan fingerprint density at radius 1 is 0.879 bits per heavy atom. The molecule has 0 saturated carbocycles. The molecule has 5 nitrogen and oxygen atoms in total. The van der Waals surface area contributed by atoms with Gasteiger partial charge in [0, 0.05) is 24.3 Å². The van der Waals surface area contributed by atoms with E-state index < -0.39 is 4.87 Å². The van der Waals surface area contributed by atoms with Gasteiger partial charge in [-0.3, -0.25) is 24.3 Å². The third-order valence-electron chi connectivity index (χ3n) is 6.96. The van der Waals surface area contributed by atoms with Gasteiger partial charge in [0.25, 0.3) is 5.91 Å². The number of anilines is 2. The van der Waals surface area contributed by atoms with Crippen molar-refractivity contribution in [3.05, 3.63) is 96.1 Å². The Kier molecular flexibility index (Phi) is 5.00. The average molecular weight is 456 g/mol. The fourth-order valence-corrected chi connectivity index (χ4v) is 6.79. The Bertz CT molecular complexity index is 1200. The van der Waals surface area contributed by atoms with Crippen molar-refractivity contribution in [1.29, 1.82) is 0 Å². The molecule has 0 unspecified atom stereocenters. The molecule has 0 N–H and O–H groups in total.